The van der Waals surface area contributed by atoms with Crippen molar-refractivity contribution >= 4 is 59.9 Å². The van der Waals surface area contributed by atoms with E-state index in [1.807, 2.05) is 11.3 Å². The van der Waals surface area contributed by atoms with Gasteiger partial charge in [0.25, 0.3) is 0 Å². The van der Waals surface area contributed by atoms with Gasteiger partial charge in [0, 0.05) is 18.1 Å². The van der Waals surface area contributed by atoms with Crippen LogP contribution in [-0.4, -0.2) is 0 Å². The SMILES string of the molecule is CCc1c(Br)cc(I)c2ccsc12. The van der Waals surface area contributed by atoms with Crippen molar-refractivity contribution in [2.45, 2.75) is 13.3 Å². The minimum Gasteiger partial charge on any atom is -0.143 e. The molecular formula is C10H8BrIS. The van der Waals surface area contributed by atoms with Crippen LogP contribution in [0.5, 0.6) is 0 Å². The molecule has 0 amide bonds. The molecule has 68 valence electrons. The van der Waals surface area contributed by atoms with Gasteiger partial charge in [-0.3, -0.25) is 0 Å². The van der Waals surface area contributed by atoms with Crippen LogP contribution in [0.15, 0.2) is 22.0 Å². The van der Waals surface area contributed by atoms with Crippen LogP contribution in [0.2, 0.25) is 0 Å². The second-order valence-corrected chi connectivity index (χ2v) is 5.77. The number of halogens is 2. The van der Waals surface area contributed by atoms with Gasteiger partial charge in [-0.1, -0.05) is 22.9 Å². The Labute approximate surface area is 104 Å². The highest BCUT2D eigenvalue weighted by Gasteiger charge is 2.08. The Morgan fingerprint density at radius 1 is 1.54 bits per heavy atom. The van der Waals surface area contributed by atoms with Crippen LogP contribution in [0.3, 0.4) is 0 Å². The fourth-order valence-corrected chi connectivity index (χ4v) is 4.70. The first-order valence-corrected chi connectivity index (χ1v) is 6.83. The lowest BCUT2D eigenvalue weighted by molar-refractivity contribution is 1.15. The molecule has 0 nitrogen and oxygen atoms in total. The third-order valence-electron chi connectivity index (χ3n) is 2.09. The smallest absolute Gasteiger partial charge is 0.0396 e. The largest absolute Gasteiger partial charge is 0.143 e. The Morgan fingerprint density at radius 3 is 3.00 bits per heavy atom. The van der Waals surface area contributed by atoms with Crippen molar-refractivity contribution in [1.82, 2.24) is 0 Å². The molecule has 0 N–H and O–H groups in total. The van der Waals surface area contributed by atoms with Gasteiger partial charge < -0.3 is 0 Å². The third-order valence-corrected chi connectivity index (χ3v) is 4.67. The number of hydrogen-bond donors (Lipinski definition) is 0. The molecule has 0 atom stereocenters. The van der Waals surface area contributed by atoms with E-state index in [2.05, 4.69) is 63.0 Å². The fourth-order valence-electron chi connectivity index (χ4n) is 1.45. The second kappa shape index (κ2) is 3.87. The lowest BCUT2D eigenvalue weighted by Gasteiger charge is -2.04. The average Bonchev–Trinajstić information content (AvgIpc) is 2.53. The molecule has 0 unspecified atom stereocenters. The maximum absolute atomic E-state index is 3.61. The van der Waals surface area contributed by atoms with Gasteiger partial charge in [0.1, 0.15) is 0 Å². The van der Waals surface area contributed by atoms with E-state index in [9.17, 15) is 0 Å². The van der Waals surface area contributed by atoms with Crippen LogP contribution in [-0.2, 0) is 6.42 Å². The van der Waals surface area contributed by atoms with E-state index in [0.717, 1.165) is 6.42 Å². The molecule has 13 heavy (non-hydrogen) atoms. The number of fused-ring (bicyclic) bond motifs is 1. The van der Waals surface area contributed by atoms with Gasteiger partial charge in [-0.15, -0.1) is 11.3 Å². The molecule has 1 heterocycles. The van der Waals surface area contributed by atoms with Crippen molar-refractivity contribution in [3.05, 3.63) is 31.1 Å². The highest BCUT2D eigenvalue weighted by Crippen LogP contribution is 2.34. The molecule has 0 saturated carbocycles. The van der Waals surface area contributed by atoms with E-state index in [4.69, 9.17) is 0 Å². The van der Waals surface area contributed by atoms with Crippen LogP contribution in [0, 0.1) is 3.57 Å². The molecular weight excluding hydrogens is 359 g/mol. The summed E-state index contributed by atoms with van der Waals surface area (Å²) < 4.78 is 4.01. The zero-order valence-corrected chi connectivity index (χ0v) is 11.7. The Hall–Kier alpha value is 0.390. The highest BCUT2D eigenvalue weighted by molar-refractivity contribution is 14.1. The van der Waals surface area contributed by atoms with Crippen LogP contribution < -0.4 is 0 Å². The summed E-state index contributed by atoms with van der Waals surface area (Å²) >= 11 is 7.84. The van der Waals surface area contributed by atoms with E-state index in [1.54, 1.807) is 0 Å². The van der Waals surface area contributed by atoms with Gasteiger partial charge in [-0.05, 0) is 52.1 Å². The summed E-state index contributed by atoms with van der Waals surface area (Å²) in [5, 5.41) is 3.56. The summed E-state index contributed by atoms with van der Waals surface area (Å²) in [6, 6.07) is 4.40. The van der Waals surface area contributed by atoms with E-state index in [0.29, 0.717) is 0 Å². The van der Waals surface area contributed by atoms with Gasteiger partial charge >= 0.3 is 0 Å². The lowest BCUT2D eigenvalue weighted by atomic mass is 10.1. The standard InChI is InChI=1S/C10H8BrIS/c1-2-6-8(11)5-9(12)7-3-4-13-10(6)7/h3-5H,2H2,1H3. The molecule has 1 aromatic heterocycles. The maximum atomic E-state index is 3.61. The number of aryl methyl sites for hydroxylation is 1. The van der Waals surface area contributed by atoms with Crippen LogP contribution in [0.1, 0.15) is 12.5 Å². The Morgan fingerprint density at radius 2 is 2.31 bits per heavy atom. The monoisotopic (exact) mass is 366 g/mol. The van der Waals surface area contributed by atoms with Crippen LogP contribution in [0.4, 0.5) is 0 Å². The number of benzene rings is 1. The van der Waals surface area contributed by atoms with Gasteiger partial charge in [0.15, 0.2) is 0 Å². The summed E-state index contributed by atoms with van der Waals surface area (Å²) in [7, 11) is 0. The molecule has 2 rings (SSSR count). The van der Waals surface area contributed by atoms with E-state index in [-0.39, 0.29) is 0 Å². The molecule has 0 spiro atoms. The molecule has 0 saturated heterocycles. The summed E-state index contributed by atoms with van der Waals surface area (Å²) in [4.78, 5) is 0. The zero-order valence-electron chi connectivity index (χ0n) is 7.10. The van der Waals surface area contributed by atoms with Crippen molar-refractivity contribution in [3.63, 3.8) is 0 Å². The lowest BCUT2D eigenvalue weighted by Crippen LogP contribution is -1.84. The van der Waals surface area contributed by atoms with Gasteiger partial charge in [0.05, 0.1) is 0 Å². The van der Waals surface area contributed by atoms with Crippen molar-refractivity contribution in [3.8, 4) is 0 Å². The second-order valence-electron chi connectivity index (χ2n) is 2.84. The zero-order chi connectivity index (χ0) is 9.42. The Kier molecular flexibility index (Phi) is 2.95. The first-order valence-electron chi connectivity index (χ1n) is 4.08. The Bertz CT molecular complexity index is 447. The molecule has 0 aliphatic carbocycles. The summed E-state index contributed by atoms with van der Waals surface area (Å²) in [5.74, 6) is 0. The first-order chi connectivity index (χ1) is 6.24. The van der Waals surface area contributed by atoms with Gasteiger partial charge in [0.2, 0.25) is 0 Å². The summed E-state index contributed by atoms with van der Waals surface area (Å²) in [6.07, 6.45) is 1.09. The average molecular weight is 367 g/mol. The molecule has 0 fully saturated rings. The van der Waals surface area contributed by atoms with Crippen molar-refractivity contribution in [1.29, 1.82) is 0 Å². The molecule has 1 aromatic carbocycles. The van der Waals surface area contributed by atoms with E-state index >= 15 is 0 Å². The van der Waals surface area contributed by atoms with Crippen molar-refractivity contribution in [2.24, 2.45) is 0 Å². The fraction of sp³-hybridized carbons (Fsp3) is 0.200. The maximum Gasteiger partial charge on any atom is 0.0396 e. The highest BCUT2D eigenvalue weighted by atomic mass is 127. The van der Waals surface area contributed by atoms with E-state index in [1.165, 1.54) is 23.7 Å². The van der Waals surface area contributed by atoms with Gasteiger partial charge in [-0.25, -0.2) is 0 Å². The van der Waals surface area contributed by atoms with Crippen LogP contribution >= 0.6 is 49.9 Å². The summed E-state index contributed by atoms with van der Waals surface area (Å²) in [6.45, 7) is 2.20. The Balaban J connectivity index is 2.88. The number of rotatable bonds is 1. The van der Waals surface area contributed by atoms with E-state index < -0.39 is 0 Å². The normalized spacial score (nSPS) is 11.0. The first kappa shape index (κ1) is 9.93. The molecule has 0 aliphatic heterocycles. The van der Waals surface area contributed by atoms with Crippen molar-refractivity contribution in [2.75, 3.05) is 0 Å². The minimum absolute atomic E-state index is 1.09. The van der Waals surface area contributed by atoms with Crippen molar-refractivity contribution < 1.29 is 0 Å². The van der Waals surface area contributed by atoms with Crippen LogP contribution in [0.25, 0.3) is 10.1 Å². The molecule has 2 aromatic rings. The number of hydrogen-bond acceptors (Lipinski definition) is 1. The molecule has 3 heteroatoms. The predicted octanol–water partition coefficient (Wildman–Crippen LogP) is 4.83. The molecule has 0 radical (unpaired) electrons. The predicted molar refractivity (Wildman–Crippen MR) is 71.6 cm³/mol. The number of thiophene rings is 1. The topological polar surface area (TPSA) is 0 Å². The van der Waals surface area contributed by atoms with Gasteiger partial charge in [-0.2, -0.15) is 0 Å². The molecule has 0 bridgehead atoms. The minimum atomic E-state index is 1.09. The summed E-state index contributed by atoms with van der Waals surface area (Å²) in [5.41, 5.74) is 1.44. The third kappa shape index (κ3) is 1.66. The quantitative estimate of drug-likeness (QED) is 0.634. The molecule has 0 aliphatic rings.